The summed E-state index contributed by atoms with van der Waals surface area (Å²) in [7, 11) is 0. The van der Waals surface area contributed by atoms with Crippen molar-refractivity contribution in [3.63, 3.8) is 0 Å². The lowest BCUT2D eigenvalue weighted by Gasteiger charge is -2.06. The zero-order valence-electron chi connectivity index (χ0n) is 7.22. The normalized spacial score (nSPS) is 24.8. The first-order valence-corrected chi connectivity index (χ1v) is 5.03. The van der Waals surface area contributed by atoms with E-state index in [9.17, 15) is 0 Å². The Bertz CT molecular complexity index is 352. The van der Waals surface area contributed by atoms with Crippen molar-refractivity contribution < 1.29 is 4.52 Å². The molecule has 3 nitrogen and oxygen atoms in total. The minimum Gasteiger partial charge on any atom is -0.344 e. The van der Waals surface area contributed by atoms with Gasteiger partial charge in [-0.2, -0.15) is 0 Å². The standard InChI is InChI=1S/C9H11ClN2O/c10-8-6(9(11)3-4-9)7(12-13-8)5-1-2-5/h5H,1-4,11H2. The highest BCUT2D eigenvalue weighted by Gasteiger charge is 2.47. The molecule has 0 saturated heterocycles. The summed E-state index contributed by atoms with van der Waals surface area (Å²) < 4.78 is 5.00. The van der Waals surface area contributed by atoms with Crippen molar-refractivity contribution in [2.75, 3.05) is 0 Å². The van der Waals surface area contributed by atoms with Crippen molar-refractivity contribution in [2.24, 2.45) is 5.73 Å². The average Bonchev–Trinajstić information content (AvgIpc) is 2.98. The van der Waals surface area contributed by atoms with Gasteiger partial charge in [-0.1, -0.05) is 5.16 Å². The Morgan fingerprint density at radius 1 is 1.46 bits per heavy atom. The third-order valence-electron chi connectivity index (χ3n) is 2.93. The van der Waals surface area contributed by atoms with Gasteiger partial charge in [-0.3, -0.25) is 0 Å². The van der Waals surface area contributed by atoms with Gasteiger partial charge in [0.1, 0.15) is 0 Å². The fourth-order valence-corrected chi connectivity index (χ4v) is 2.07. The van der Waals surface area contributed by atoms with Crippen LogP contribution >= 0.6 is 11.6 Å². The number of nitrogens with zero attached hydrogens (tertiary/aromatic N) is 1. The number of hydrogen-bond acceptors (Lipinski definition) is 3. The third kappa shape index (κ3) is 1.11. The smallest absolute Gasteiger partial charge is 0.231 e. The maximum atomic E-state index is 6.10. The van der Waals surface area contributed by atoms with Gasteiger partial charge >= 0.3 is 0 Å². The van der Waals surface area contributed by atoms with Gasteiger partial charge in [-0.05, 0) is 37.3 Å². The molecular weight excluding hydrogens is 188 g/mol. The van der Waals surface area contributed by atoms with E-state index in [-0.39, 0.29) is 5.54 Å². The van der Waals surface area contributed by atoms with E-state index in [4.69, 9.17) is 21.9 Å². The first-order chi connectivity index (χ1) is 6.21. The number of rotatable bonds is 2. The van der Waals surface area contributed by atoms with E-state index in [0.29, 0.717) is 11.1 Å². The highest BCUT2D eigenvalue weighted by atomic mass is 35.5. The predicted molar refractivity (Wildman–Crippen MR) is 48.6 cm³/mol. The highest BCUT2D eigenvalue weighted by Crippen LogP contribution is 2.52. The fraction of sp³-hybridized carbons (Fsp3) is 0.667. The van der Waals surface area contributed by atoms with Crippen molar-refractivity contribution in [1.82, 2.24) is 5.16 Å². The number of hydrogen-bond donors (Lipinski definition) is 1. The molecule has 1 heterocycles. The maximum Gasteiger partial charge on any atom is 0.231 e. The van der Waals surface area contributed by atoms with E-state index in [1.54, 1.807) is 0 Å². The molecule has 0 atom stereocenters. The molecule has 2 aliphatic carbocycles. The second-order valence-electron chi connectivity index (χ2n) is 4.15. The van der Waals surface area contributed by atoms with Crippen LogP contribution in [0.4, 0.5) is 0 Å². The molecule has 0 amide bonds. The minimum absolute atomic E-state index is 0.213. The maximum absolute atomic E-state index is 6.10. The molecule has 1 aromatic rings. The van der Waals surface area contributed by atoms with Gasteiger partial charge in [-0.15, -0.1) is 0 Å². The lowest BCUT2D eigenvalue weighted by molar-refractivity contribution is 0.412. The second kappa shape index (κ2) is 2.28. The summed E-state index contributed by atoms with van der Waals surface area (Å²) in [6.07, 6.45) is 4.42. The summed E-state index contributed by atoms with van der Waals surface area (Å²) in [6, 6.07) is 0. The van der Waals surface area contributed by atoms with Gasteiger partial charge in [0.05, 0.1) is 11.3 Å². The molecule has 2 saturated carbocycles. The number of aromatic nitrogens is 1. The Morgan fingerprint density at radius 2 is 2.15 bits per heavy atom. The monoisotopic (exact) mass is 198 g/mol. The summed E-state index contributed by atoms with van der Waals surface area (Å²) >= 11 is 5.93. The Morgan fingerprint density at radius 3 is 2.69 bits per heavy atom. The molecule has 0 bridgehead atoms. The molecule has 13 heavy (non-hydrogen) atoms. The minimum atomic E-state index is -0.213. The Hall–Kier alpha value is -0.540. The first kappa shape index (κ1) is 7.83. The SMILES string of the molecule is NC1(c2c(C3CC3)noc2Cl)CC1. The Kier molecular flexibility index (Phi) is 1.37. The van der Waals surface area contributed by atoms with Crippen molar-refractivity contribution in [2.45, 2.75) is 37.1 Å². The molecule has 4 heteroatoms. The van der Waals surface area contributed by atoms with Crippen molar-refractivity contribution >= 4 is 11.6 Å². The summed E-state index contributed by atoms with van der Waals surface area (Å²) in [5, 5.41) is 4.40. The van der Waals surface area contributed by atoms with Gasteiger partial charge in [-0.25, -0.2) is 0 Å². The molecule has 0 spiro atoms. The van der Waals surface area contributed by atoms with Gasteiger partial charge in [0.25, 0.3) is 0 Å². The summed E-state index contributed by atoms with van der Waals surface area (Å²) in [5.41, 5.74) is 7.88. The molecule has 0 unspecified atom stereocenters. The highest BCUT2D eigenvalue weighted by molar-refractivity contribution is 6.29. The zero-order valence-corrected chi connectivity index (χ0v) is 7.97. The van der Waals surface area contributed by atoms with E-state index in [1.807, 2.05) is 0 Å². The summed E-state index contributed by atoms with van der Waals surface area (Å²) in [6.45, 7) is 0. The molecule has 1 aromatic heterocycles. The van der Waals surface area contributed by atoms with Crippen molar-refractivity contribution in [3.8, 4) is 0 Å². The third-order valence-corrected chi connectivity index (χ3v) is 3.19. The van der Waals surface area contributed by atoms with Crippen LogP contribution in [-0.2, 0) is 5.54 Å². The molecule has 2 N–H and O–H groups in total. The van der Waals surface area contributed by atoms with Crippen LogP contribution in [0.3, 0.4) is 0 Å². The molecular formula is C9H11ClN2O. The molecule has 2 aliphatic rings. The fourth-order valence-electron chi connectivity index (χ4n) is 1.75. The van der Waals surface area contributed by atoms with Gasteiger partial charge in [0.2, 0.25) is 5.22 Å². The molecule has 0 radical (unpaired) electrons. The predicted octanol–water partition coefficient (Wildman–Crippen LogP) is 2.15. The summed E-state index contributed by atoms with van der Waals surface area (Å²) in [4.78, 5) is 0. The van der Waals surface area contributed by atoms with Crippen molar-refractivity contribution in [1.29, 1.82) is 0 Å². The van der Waals surface area contributed by atoms with Crippen LogP contribution in [0, 0.1) is 0 Å². The van der Waals surface area contributed by atoms with Crippen LogP contribution in [0.5, 0.6) is 0 Å². The Balaban J connectivity index is 2.09. The number of halogens is 1. The number of nitrogens with two attached hydrogens (primary N) is 1. The zero-order chi connectivity index (χ0) is 9.05. The largest absolute Gasteiger partial charge is 0.344 e. The molecule has 3 rings (SSSR count). The van der Waals surface area contributed by atoms with Crippen LogP contribution in [0.25, 0.3) is 0 Å². The summed E-state index contributed by atoms with van der Waals surface area (Å²) in [5.74, 6) is 0.562. The van der Waals surface area contributed by atoms with Gasteiger partial charge in [0, 0.05) is 11.5 Å². The van der Waals surface area contributed by atoms with Crippen LogP contribution in [-0.4, -0.2) is 5.16 Å². The average molecular weight is 199 g/mol. The van der Waals surface area contributed by atoms with Gasteiger partial charge in [0.15, 0.2) is 0 Å². The second-order valence-corrected chi connectivity index (χ2v) is 4.49. The Labute approximate surface area is 81.2 Å². The lowest BCUT2D eigenvalue weighted by Crippen LogP contribution is -2.20. The van der Waals surface area contributed by atoms with E-state index in [1.165, 1.54) is 12.8 Å². The van der Waals surface area contributed by atoms with E-state index >= 15 is 0 Å². The van der Waals surface area contributed by atoms with Crippen LogP contribution < -0.4 is 5.73 Å². The van der Waals surface area contributed by atoms with E-state index in [2.05, 4.69) is 5.16 Å². The van der Waals surface area contributed by atoms with Crippen LogP contribution in [0.1, 0.15) is 42.9 Å². The van der Waals surface area contributed by atoms with Crippen LogP contribution in [0.15, 0.2) is 4.52 Å². The van der Waals surface area contributed by atoms with E-state index in [0.717, 1.165) is 24.1 Å². The molecule has 70 valence electrons. The topological polar surface area (TPSA) is 52.0 Å². The molecule has 2 fully saturated rings. The first-order valence-electron chi connectivity index (χ1n) is 4.65. The quantitative estimate of drug-likeness (QED) is 0.792. The lowest BCUT2D eigenvalue weighted by atomic mass is 10.0. The van der Waals surface area contributed by atoms with E-state index < -0.39 is 0 Å². The van der Waals surface area contributed by atoms with Crippen molar-refractivity contribution in [3.05, 3.63) is 16.5 Å². The van der Waals surface area contributed by atoms with Crippen LogP contribution in [0.2, 0.25) is 5.22 Å². The van der Waals surface area contributed by atoms with Gasteiger partial charge < -0.3 is 10.3 Å². The molecule has 0 aliphatic heterocycles. The molecule has 0 aromatic carbocycles.